The van der Waals surface area contributed by atoms with Crippen LogP contribution in [0.2, 0.25) is 0 Å². The van der Waals surface area contributed by atoms with Gasteiger partial charge in [-0.25, -0.2) is 9.78 Å². The number of nitrogen functional groups attached to an aromatic ring is 1. The van der Waals surface area contributed by atoms with Crippen molar-refractivity contribution in [3.05, 3.63) is 92.4 Å². The number of anilines is 1. The predicted octanol–water partition coefficient (Wildman–Crippen LogP) is 2.50. The van der Waals surface area contributed by atoms with Gasteiger partial charge in [-0.1, -0.05) is 62.4 Å². The van der Waals surface area contributed by atoms with Crippen molar-refractivity contribution in [3.8, 4) is 0 Å². The Morgan fingerprint density at radius 3 is 2.32 bits per heavy atom. The first-order valence-electron chi connectivity index (χ1n) is 13.4. The topological polar surface area (TPSA) is 111 Å². The molecule has 0 saturated carbocycles. The maximum absolute atomic E-state index is 13.8. The number of hydrogen-bond acceptors (Lipinski definition) is 6. The van der Waals surface area contributed by atoms with Crippen LogP contribution in [-0.4, -0.2) is 54.9 Å². The van der Waals surface area contributed by atoms with Crippen LogP contribution in [0.1, 0.15) is 37.2 Å². The van der Waals surface area contributed by atoms with Crippen LogP contribution in [0, 0.1) is 0 Å². The zero-order valence-corrected chi connectivity index (χ0v) is 22.3. The predicted molar refractivity (Wildman–Crippen MR) is 152 cm³/mol. The number of nitrogens with zero attached hydrogens (tertiary/aromatic N) is 5. The second kappa shape index (κ2) is 12.7. The van der Waals surface area contributed by atoms with E-state index >= 15 is 0 Å². The molecular formula is C29H38N6O3. The van der Waals surface area contributed by atoms with E-state index in [-0.39, 0.29) is 17.9 Å². The normalized spacial score (nSPS) is 11.6. The number of para-hydroxylation sites is 1. The minimum atomic E-state index is -0.342. The fourth-order valence-corrected chi connectivity index (χ4v) is 4.92. The first-order valence-corrected chi connectivity index (χ1v) is 13.4. The lowest BCUT2D eigenvalue weighted by Gasteiger charge is -2.20. The highest BCUT2D eigenvalue weighted by Gasteiger charge is 2.22. The fourth-order valence-electron chi connectivity index (χ4n) is 4.92. The summed E-state index contributed by atoms with van der Waals surface area (Å²) in [5.74, 6) is 0.741. The van der Waals surface area contributed by atoms with E-state index < -0.39 is 0 Å². The van der Waals surface area contributed by atoms with Gasteiger partial charge in [-0.3, -0.25) is 18.8 Å². The molecular weight excluding hydrogens is 480 g/mol. The van der Waals surface area contributed by atoms with E-state index in [2.05, 4.69) is 4.90 Å². The third kappa shape index (κ3) is 5.89. The molecule has 3 N–H and O–H groups in total. The summed E-state index contributed by atoms with van der Waals surface area (Å²) in [4.78, 5) is 34.4. The lowest BCUT2D eigenvalue weighted by molar-refractivity contribution is 0.197. The quantitative estimate of drug-likeness (QED) is 0.263. The minimum absolute atomic E-state index is 0.0703. The zero-order chi connectivity index (χ0) is 27.1. The zero-order valence-electron chi connectivity index (χ0n) is 22.3. The summed E-state index contributed by atoms with van der Waals surface area (Å²) in [5.41, 5.74) is 9.09. The fraction of sp³-hybridized carbons (Fsp3) is 0.414. The molecule has 202 valence electrons. The van der Waals surface area contributed by atoms with Gasteiger partial charge in [0, 0.05) is 44.8 Å². The Morgan fingerprint density at radius 2 is 1.63 bits per heavy atom. The highest BCUT2D eigenvalue weighted by Crippen LogP contribution is 2.18. The van der Waals surface area contributed by atoms with Gasteiger partial charge in [-0.05, 0) is 36.6 Å². The van der Waals surface area contributed by atoms with Crippen LogP contribution in [0.3, 0.4) is 0 Å². The molecule has 2 aromatic carbocycles. The molecule has 0 atom stereocenters. The van der Waals surface area contributed by atoms with Crippen molar-refractivity contribution >= 4 is 16.9 Å². The molecule has 0 aliphatic heterocycles. The van der Waals surface area contributed by atoms with E-state index in [1.807, 2.05) is 73.0 Å². The summed E-state index contributed by atoms with van der Waals surface area (Å²) in [6.45, 7) is 7.29. The largest absolute Gasteiger partial charge is 0.399 e. The standard InChI is InChI=1S/C29H38N6O3/c1-3-15-35-28(37)26-27(34(29(35)38)16-14-23-12-8-9-13-24(23)30)31-25(21-22-10-6-5-7-11-22)33(26)18-17-32(4-2)19-20-36/h5-13,36H,3-4,14-21,30H2,1-2H3. The van der Waals surface area contributed by atoms with Gasteiger partial charge in [0.1, 0.15) is 5.82 Å². The Bertz CT molecular complexity index is 1470. The van der Waals surface area contributed by atoms with Crippen LogP contribution >= 0.6 is 0 Å². The summed E-state index contributed by atoms with van der Waals surface area (Å²) in [6, 6.07) is 17.6. The van der Waals surface area contributed by atoms with Gasteiger partial charge in [0.05, 0.1) is 6.61 Å². The van der Waals surface area contributed by atoms with Gasteiger partial charge in [0.25, 0.3) is 5.56 Å². The molecule has 4 rings (SSSR count). The summed E-state index contributed by atoms with van der Waals surface area (Å²) in [5, 5.41) is 9.46. The molecule has 0 aliphatic rings. The van der Waals surface area contributed by atoms with Crippen molar-refractivity contribution in [2.45, 2.75) is 52.7 Å². The number of imidazole rings is 1. The molecule has 0 bridgehead atoms. The van der Waals surface area contributed by atoms with Gasteiger partial charge in [0.15, 0.2) is 11.2 Å². The molecule has 0 unspecified atom stereocenters. The van der Waals surface area contributed by atoms with Crippen LogP contribution in [0.25, 0.3) is 11.2 Å². The second-order valence-electron chi connectivity index (χ2n) is 9.51. The van der Waals surface area contributed by atoms with Crippen molar-refractivity contribution in [2.24, 2.45) is 0 Å². The molecule has 9 heteroatoms. The van der Waals surface area contributed by atoms with Gasteiger partial charge >= 0.3 is 5.69 Å². The summed E-state index contributed by atoms with van der Waals surface area (Å²) in [7, 11) is 0. The molecule has 9 nitrogen and oxygen atoms in total. The van der Waals surface area contributed by atoms with Crippen molar-refractivity contribution < 1.29 is 5.11 Å². The SMILES string of the molecule is CCCn1c(=O)c2c(nc(Cc3ccccc3)n2CCN(CC)CCO)n(CCc2ccccc2N)c1=O. The van der Waals surface area contributed by atoms with Crippen LogP contribution in [0.4, 0.5) is 5.69 Å². The van der Waals surface area contributed by atoms with E-state index in [1.54, 1.807) is 4.57 Å². The third-order valence-corrected chi connectivity index (χ3v) is 7.01. The van der Waals surface area contributed by atoms with E-state index in [4.69, 9.17) is 10.7 Å². The molecule has 38 heavy (non-hydrogen) atoms. The van der Waals surface area contributed by atoms with Gasteiger partial charge in [0.2, 0.25) is 0 Å². The lowest BCUT2D eigenvalue weighted by Crippen LogP contribution is -2.41. The monoisotopic (exact) mass is 518 g/mol. The highest BCUT2D eigenvalue weighted by molar-refractivity contribution is 5.71. The van der Waals surface area contributed by atoms with Gasteiger partial charge in [-0.2, -0.15) is 0 Å². The molecule has 0 saturated heterocycles. The van der Waals surface area contributed by atoms with E-state index in [1.165, 1.54) is 4.57 Å². The van der Waals surface area contributed by atoms with Crippen molar-refractivity contribution in [3.63, 3.8) is 0 Å². The number of fused-ring (bicyclic) bond motifs is 1. The molecule has 0 radical (unpaired) electrons. The minimum Gasteiger partial charge on any atom is -0.399 e. The Labute approximate surface area is 222 Å². The number of aliphatic hydroxyl groups excluding tert-OH is 1. The van der Waals surface area contributed by atoms with Gasteiger partial charge < -0.3 is 15.4 Å². The number of rotatable bonds is 13. The molecule has 2 aromatic heterocycles. The molecule has 0 fully saturated rings. The smallest absolute Gasteiger partial charge is 0.332 e. The molecule has 4 aromatic rings. The number of nitrogens with two attached hydrogens (primary N) is 1. The Balaban J connectivity index is 1.87. The van der Waals surface area contributed by atoms with Crippen molar-refractivity contribution in [2.75, 3.05) is 32.0 Å². The van der Waals surface area contributed by atoms with E-state index in [0.717, 1.165) is 23.5 Å². The Morgan fingerprint density at radius 1 is 0.895 bits per heavy atom. The summed E-state index contributed by atoms with van der Waals surface area (Å²) < 4.78 is 4.95. The van der Waals surface area contributed by atoms with Crippen molar-refractivity contribution in [1.29, 1.82) is 0 Å². The number of aromatic nitrogens is 4. The van der Waals surface area contributed by atoms with Gasteiger partial charge in [-0.15, -0.1) is 0 Å². The average molecular weight is 519 g/mol. The highest BCUT2D eigenvalue weighted by atomic mass is 16.3. The number of likely N-dealkylation sites (N-methyl/N-ethyl adjacent to an activating group) is 1. The number of aryl methyl sites for hydroxylation is 2. The molecule has 2 heterocycles. The third-order valence-electron chi connectivity index (χ3n) is 7.01. The second-order valence-corrected chi connectivity index (χ2v) is 9.51. The first kappa shape index (κ1) is 27.3. The number of hydrogen-bond donors (Lipinski definition) is 2. The Hall–Kier alpha value is -3.69. The van der Waals surface area contributed by atoms with Crippen molar-refractivity contribution in [1.82, 2.24) is 23.6 Å². The molecule has 0 aliphatic carbocycles. The first-order chi connectivity index (χ1) is 18.5. The molecule has 0 amide bonds. The number of aliphatic hydroxyl groups is 1. The number of benzene rings is 2. The van der Waals surface area contributed by atoms with Crippen LogP contribution in [-0.2, 0) is 32.5 Å². The Kier molecular flexibility index (Phi) is 9.15. The average Bonchev–Trinajstić information content (AvgIpc) is 3.28. The lowest BCUT2D eigenvalue weighted by atomic mass is 10.1. The maximum atomic E-state index is 13.8. The van der Waals surface area contributed by atoms with E-state index in [9.17, 15) is 14.7 Å². The molecule has 0 spiro atoms. The van der Waals surface area contributed by atoms with Crippen LogP contribution in [0.15, 0.2) is 64.2 Å². The maximum Gasteiger partial charge on any atom is 0.332 e. The van der Waals surface area contributed by atoms with Crippen LogP contribution < -0.4 is 17.0 Å². The summed E-state index contributed by atoms with van der Waals surface area (Å²) >= 11 is 0. The van der Waals surface area contributed by atoms with E-state index in [0.29, 0.717) is 68.8 Å². The van der Waals surface area contributed by atoms with Crippen LogP contribution in [0.5, 0.6) is 0 Å². The summed E-state index contributed by atoms with van der Waals surface area (Å²) in [6.07, 6.45) is 1.75.